The highest BCUT2D eigenvalue weighted by molar-refractivity contribution is 7.92. The van der Waals surface area contributed by atoms with Gasteiger partial charge in [-0.1, -0.05) is 37.3 Å². The third kappa shape index (κ3) is 4.33. The Morgan fingerprint density at radius 2 is 2.00 bits per heavy atom. The van der Waals surface area contributed by atoms with Crippen molar-refractivity contribution in [2.45, 2.75) is 25.8 Å². The Morgan fingerprint density at radius 3 is 2.68 bits per heavy atom. The van der Waals surface area contributed by atoms with Gasteiger partial charge < -0.3 is 4.74 Å². The van der Waals surface area contributed by atoms with E-state index in [-0.39, 0.29) is 11.9 Å². The Balaban J connectivity index is 2.01. The number of hydrogen-bond donors (Lipinski definition) is 1. The largest absolute Gasteiger partial charge is 0.497 e. The van der Waals surface area contributed by atoms with E-state index in [0.29, 0.717) is 35.6 Å². The number of para-hydroxylation sites is 1. The van der Waals surface area contributed by atoms with Gasteiger partial charge in [0.2, 0.25) is 15.9 Å². The Hall–Kier alpha value is -2.87. The van der Waals surface area contributed by atoms with Crippen LogP contribution in [0.1, 0.15) is 36.9 Å². The van der Waals surface area contributed by atoms with Gasteiger partial charge >= 0.3 is 0 Å². The first-order valence-corrected chi connectivity index (χ1v) is 10.8. The number of carbonyl (C=O) groups excluding carboxylic acids is 1. The number of anilines is 1. The highest BCUT2D eigenvalue weighted by atomic mass is 32.2. The molecule has 0 radical (unpaired) electrons. The highest BCUT2D eigenvalue weighted by Gasteiger charge is 2.33. The number of carbonyl (C=O) groups is 1. The van der Waals surface area contributed by atoms with Crippen molar-refractivity contribution in [1.29, 1.82) is 0 Å². The Kier molecular flexibility index (Phi) is 5.69. The first-order valence-electron chi connectivity index (χ1n) is 8.93. The van der Waals surface area contributed by atoms with Crippen LogP contribution in [0.15, 0.2) is 53.6 Å². The number of nitrogens with one attached hydrogen (secondary N) is 1. The molecule has 2 aromatic rings. The van der Waals surface area contributed by atoms with Gasteiger partial charge in [0.25, 0.3) is 0 Å². The van der Waals surface area contributed by atoms with Gasteiger partial charge in [0.05, 0.1) is 30.8 Å². The molecule has 1 atom stereocenters. The molecule has 0 saturated carbocycles. The molecule has 0 spiro atoms. The molecule has 1 aliphatic rings. The van der Waals surface area contributed by atoms with Gasteiger partial charge in [-0.05, 0) is 23.8 Å². The van der Waals surface area contributed by atoms with Gasteiger partial charge in [0.1, 0.15) is 5.75 Å². The van der Waals surface area contributed by atoms with E-state index in [4.69, 9.17) is 4.74 Å². The summed E-state index contributed by atoms with van der Waals surface area (Å²) < 4.78 is 31.3. The number of nitrogens with zero attached hydrogens (tertiary/aromatic N) is 2. The normalized spacial score (nSPS) is 16.6. The maximum atomic E-state index is 12.5. The van der Waals surface area contributed by atoms with Crippen molar-refractivity contribution in [3.05, 3.63) is 59.7 Å². The summed E-state index contributed by atoms with van der Waals surface area (Å²) in [6.45, 7) is 1.79. The van der Waals surface area contributed by atoms with E-state index < -0.39 is 10.0 Å². The maximum absolute atomic E-state index is 12.5. The lowest BCUT2D eigenvalue weighted by Gasteiger charge is -2.21. The predicted octanol–water partition coefficient (Wildman–Crippen LogP) is 3.15. The average molecular weight is 401 g/mol. The number of hydrogen-bond acceptors (Lipinski definition) is 5. The van der Waals surface area contributed by atoms with E-state index in [9.17, 15) is 13.2 Å². The monoisotopic (exact) mass is 401 g/mol. The second kappa shape index (κ2) is 8.02. The zero-order valence-electron chi connectivity index (χ0n) is 16.0. The summed E-state index contributed by atoms with van der Waals surface area (Å²) in [7, 11) is -1.85. The molecule has 1 N–H and O–H groups in total. The fourth-order valence-electron chi connectivity index (χ4n) is 3.20. The van der Waals surface area contributed by atoms with Gasteiger partial charge in [0, 0.05) is 18.4 Å². The molecule has 1 unspecified atom stereocenters. The molecule has 2 aromatic carbocycles. The van der Waals surface area contributed by atoms with Gasteiger partial charge in [0.15, 0.2) is 0 Å². The van der Waals surface area contributed by atoms with E-state index in [1.165, 1.54) is 5.01 Å². The van der Waals surface area contributed by atoms with Crippen LogP contribution in [0.3, 0.4) is 0 Å². The van der Waals surface area contributed by atoms with Crippen LogP contribution in [0, 0.1) is 0 Å². The summed E-state index contributed by atoms with van der Waals surface area (Å²) in [4.78, 5) is 12.5. The van der Waals surface area contributed by atoms with Gasteiger partial charge in [-0.3, -0.25) is 9.52 Å². The number of benzene rings is 2. The molecule has 0 fully saturated rings. The van der Waals surface area contributed by atoms with Crippen LogP contribution in [0.25, 0.3) is 0 Å². The molecular formula is C20H23N3O4S. The van der Waals surface area contributed by atoms with Crippen molar-refractivity contribution < 1.29 is 17.9 Å². The lowest BCUT2D eigenvalue weighted by molar-refractivity contribution is -0.132. The van der Waals surface area contributed by atoms with E-state index in [1.807, 2.05) is 30.3 Å². The van der Waals surface area contributed by atoms with Gasteiger partial charge in [-0.15, -0.1) is 0 Å². The van der Waals surface area contributed by atoms with Crippen LogP contribution >= 0.6 is 0 Å². The van der Waals surface area contributed by atoms with Crippen LogP contribution in [0.5, 0.6) is 5.75 Å². The van der Waals surface area contributed by atoms with Crippen molar-refractivity contribution in [3.63, 3.8) is 0 Å². The van der Waals surface area contributed by atoms with Crippen molar-refractivity contribution in [2.24, 2.45) is 5.10 Å². The third-order valence-electron chi connectivity index (χ3n) is 4.48. The molecule has 148 valence electrons. The molecule has 28 heavy (non-hydrogen) atoms. The molecule has 1 aliphatic heterocycles. The minimum Gasteiger partial charge on any atom is -0.497 e. The Labute approximate surface area is 165 Å². The lowest BCUT2D eigenvalue weighted by atomic mass is 9.97. The summed E-state index contributed by atoms with van der Waals surface area (Å²) in [5.41, 5.74) is 2.67. The summed E-state index contributed by atoms with van der Waals surface area (Å²) in [6, 6.07) is 14.3. The van der Waals surface area contributed by atoms with Gasteiger partial charge in [-0.2, -0.15) is 5.10 Å². The molecule has 8 heteroatoms. The molecule has 0 aromatic heterocycles. The van der Waals surface area contributed by atoms with Gasteiger partial charge in [-0.25, -0.2) is 13.4 Å². The number of methoxy groups -OCH3 is 1. The number of rotatable bonds is 6. The minimum absolute atomic E-state index is 0.101. The third-order valence-corrected chi connectivity index (χ3v) is 5.07. The molecule has 0 saturated heterocycles. The van der Waals surface area contributed by atoms with Crippen molar-refractivity contribution in [3.8, 4) is 5.75 Å². The number of amides is 1. The summed E-state index contributed by atoms with van der Waals surface area (Å²) in [5, 5.41) is 6.05. The van der Waals surface area contributed by atoms with Crippen LogP contribution < -0.4 is 9.46 Å². The Morgan fingerprint density at radius 1 is 1.25 bits per heavy atom. The fourth-order valence-corrected chi connectivity index (χ4v) is 3.77. The van der Waals surface area contributed by atoms with Crippen molar-refractivity contribution >= 4 is 27.3 Å². The SMILES string of the molecule is CCC(=O)N1N=C(c2ccccc2NS(C)(=O)=O)CC1c1cccc(OC)c1. The Bertz CT molecular complexity index is 1020. The summed E-state index contributed by atoms with van der Waals surface area (Å²) in [6.07, 6.45) is 1.90. The standard InChI is InChI=1S/C20H23N3O4S/c1-4-20(24)23-19(14-8-7-9-15(12-14)27-2)13-18(21-23)16-10-5-6-11-17(16)22-28(3,25)26/h5-12,19,22H,4,13H2,1-3H3. The molecule has 3 rings (SSSR count). The first-order chi connectivity index (χ1) is 13.3. The zero-order chi connectivity index (χ0) is 20.3. The fraction of sp³-hybridized carbons (Fsp3) is 0.300. The summed E-state index contributed by atoms with van der Waals surface area (Å²) in [5.74, 6) is 0.602. The van der Waals surface area contributed by atoms with E-state index in [2.05, 4.69) is 9.82 Å². The topological polar surface area (TPSA) is 88.1 Å². The molecule has 0 bridgehead atoms. The predicted molar refractivity (Wildman–Crippen MR) is 109 cm³/mol. The number of sulfonamides is 1. The van der Waals surface area contributed by atoms with E-state index in [1.54, 1.807) is 32.2 Å². The highest BCUT2D eigenvalue weighted by Crippen LogP contribution is 2.36. The molecule has 0 aliphatic carbocycles. The second-order valence-corrected chi connectivity index (χ2v) is 8.30. The molecule has 1 heterocycles. The second-order valence-electron chi connectivity index (χ2n) is 6.55. The summed E-state index contributed by atoms with van der Waals surface area (Å²) >= 11 is 0. The minimum atomic E-state index is -3.44. The average Bonchev–Trinajstić information content (AvgIpc) is 3.12. The van der Waals surface area contributed by atoms with Crippen LogP contribution in [0.4, 0.5) is 5.69 Å². The van der Waals surface area contributed by atoms with Crippen molar-refractivity contribution in [1.82, 2.24) is 5.01 Å². The van der Waals surface area contributed by atoms with Crippen LogP contribution in [-0.2, 0) is 14.8 Å². The zero-order valence-corrected chi connectivity index (χ0v) is 16.9. The lowest BCUT2D eigenvalue weighted by Crippen LogP contribution is -2.26. The van der Waals surface area contributed by atoms with Crippen LogP contribution in [0.2, 0.25) is 0 Å². The van der Waals surface area contributed by atoms with E-state index in [0.717, 1.165) is 11.8 Å². The van der Waals surface area contributed by atoms with E-state index >= 15 is 0 Å². The quantitative estimate of drug-likeness (QED) is 0.805. The first kappa shape index (κ1) is 19.9. The smallest absolute Gasteiger partial charge is 0.242 e. The molecule has 1 amide bonds. The maximum Gasteiger partial charge on any atom is 0.242 e. The molecular weight excluding hydrogens is 378 g/mol. The number of ether oxygens (including phenoxy) is 1. The van der Waals surface area contributed by atoms with Crippen molar-refractivity contribution in [2.75, 3.05) is 18.1 Å². The molecule has 7 nitrogen and oxygen atoms in total. The number of hydrazone groups is 1. The van der Waals surface area contributed by atoms with Crippen LogP contribution in [-0.4, -0.2) is 38.4 Å².